The van der Waals surface area contributed by atoms with Crippen molar-refractivity contribution in [3.05, 3.63) is 30.1 Å². The van der Waals surface area contributed by atoms with Crippen molar-refractivity contribution in [3.63, 3.8) is 0 Å². The lowest BCUT2D eigenvalue weighted by atomic mass is 9.79. The summed E-state index contributed by atoms with van der Waals surface area (Å²) in [7, 11) is 4.22. The van der Waals surface area contributed by atoms with Crippen molar-refractivity contribution in [2.24, 2.45) is 11.8 Å². The first kappa shape index (κ1) is 22.8. The number of aromatic nitrogens is 2. The Morgan fingerprint density at radius 3 is 2.67 bits per heavy atom. The fourth-order valence-electron chi connectivity index (χ4n) is 4.76. The van der Waals surface area contributed by atoms with Crippen molar-refractivity contribution in [1.29, 1.82) is 0 Å². The van der Waals surface area contributed by atoms with Crippen LogP contribution in [0.5, 0.6) is 0 Å². The Morgan fingerprint density at radius 2 is 1.93 bits per heavy atom. The summed E-state index contributed by atoms with van der Waals surface area (Å²) in [5, 5.41) is 3.20. The van der Waals surface area contributed by atoms with E-state index in [2.05, 4.69) is 54.0 Å². The van der Waals surface area contributed by atoms with Gasteiger partial charge < -0.3 is 14.8 Å². The lowest BCUT2D eigenvalue weighted by Crippen LogP contribution is -2.34. The number of nitrogens with one attached hydrogen (secondary N) is 1. The molecule has 0 saturated heterocycles. The van der Waals surface area contributed by atoms with E-state index in [1.165, 1.54) is 37.6 Å². The third-order valence-corrected chi connectivity index (χ3v) is 6.55. The van der Waals surface area contributed by atoms with Gasteiger partial charge in [-0.1, -0.05) is 38.3 Å². The molecule has 1 N–H and O–H groups in total. The molecule has 30 heavy (non-hydrogen) atoms. The van der Waals surface area contributed by atoms with E-state index in [0.29, 0.717) is 6.54 Å². The number of aryl methyl sites for hydroxylation is 1. The molecule has 1 aromatic carbocycles. The Morgan fingerprint density at radius 1 is 1.17 bits per heavy atom. The fraction of sp³-hybridized carbons (Fsp3) is 0.680. The molecule has 2 aromatic rings. The summed E-state index contributed by atoms with van der Waals surface area (Å²) in [5.74, 6) is 2.38. The van der Waals surface area contributed by atoms with Gasteiger partial charge in [-0.2, -0.15) is 0 Å². The van der Waals surface area contributed by atoms with E-state index in [4.69, 9.17) is 4.98 Å². The van der Waals surface area contributed by atoms with Gasteiger partial charge in [0, 0.05) is 25.4 Å². The first-order chi connectivity index (χ1) is 14.6. The van der Waals surface area contributed by atoms with Gasteiger partial charge in [-0.05, 0) is 70.8 Å². The molecule has 0 spiro atoms. The Hall–Kier alpha value is -1.88. The molecule has 5 nitrogen and oxygen atoms in total. The number of fused-ring (bicyclic) bond motifs is 1. The van der Waals surface area contributed by atoms with Crippen molar-refractivity contribution < 1.29 is 4.79 Å². The minimum absolute atomic E-state index is 0.210. The van der Waals surface area contributed by atoms with Gasteiger partial charge in [0.05, 0.1) is 11.0 Å². The molecule has 0 unspecified atom stereocenters. The highest BCUT2D eigenvalue weighted by molar-refractivity contribution is 5.79. The number of hydrogen-bond acceptors (Lipinski definition) is 3. The normalized spacial score (nSPS) is 19.5. The van der Waals surface area contributed by atoms with Gasteiger partial charge in [-0.25, -0.2) is 4.98 Å². The van der Waals surface area contributed by atoms with Gasteiger partial charge in [-0.15, -0.1) is 0 Å². The minimum atomic E-state index is 0.210. The number of carbonyl (C=O) groups is 1. The number of benzene rings is 1. The van der Waals surface area contributed by atoms with E-state index in [1.54, 1.807) is 0 Å². The van der Waals surface area contributed by atoms with Crippen LogP contribution in [0, 0.1) is 11.8 Å². The van der Waals surface area contributed by atoms with E-state index in [1.807, 2.05) is 6.07 Å². The lowest BCUT2D eigenvalue weighted by Gasteiger charge is -2.27. The van der Waals surface area contributed by atoms with Crippen LogP contribution < -0.4 is 5.32 Å². The van der Waals surface area contributed by atoms with Gasteiger partial charge in [0.25, 0.3) is 0 Å². The Kier molecular flexibility index (Phi) is 8.74. The molecule has 1 amide bonds. The molecule has 166 valence electrons. The molecule has 1 saturated carbocycles. The average Bonchev–Trinajstić information content (AvgIpc) is 3.10. The second-order valence-corrected chi connectivity index (χ2v) is 9.23. The molecule has 1 fully saturated rings. The molecule has 0 aliphatic heterocycles. The number of amides is 1. The topological polar surface area (TPSA) is 50.2 Å². The molecule has 0 atom stereocenters. The van der Waals surface area contributed by atoms with E-state index in [9.17, 15) is 4.79 Å². The van der Waals surface area contributed by atoms with Crippen LogP contribution in [0.2, 0.25) is 0 Å². The monoisotopic (exact) mass is 412 g/mol. The van der Waals surface area contributed by atoms with Crippen LogP contribution >= 0.6 is 0 Å². The van der Waals surface area contributed by atoms with Crippen molar-refractivity contribution in [1.82, 2.24) is 19.8 Å². The van der Waals surface area contributed by atoms with E-state index >= 15 is 0 Å². The number of unbranched alkanes of at least 4 members (excludes halogenated alkanes) is 1. The first-order valence-electron chi connectivity index (χ1n) is 11.9. The molecule has 5 heteroatoms. The van der Waals surface area contributed by atoms with Crippen molar-refractivity contribution in [3.8, 4) is 0 Å². The smallest absolute Gasteiger partial charge is 0.223 e. The predicted octanol–water partition coefficient (Wildman–Crippen LogP) is 4.64. The fourth-order valence-corrected chi connectivity index (χ4v) is 4.76. The zero-order valence-corrected chi connectivity index (χ0v) is 19.2. The van der Waals surface area contributed by atoms with Crippen LogP contribution in [0.1, 0.15) is 64.1 Å². The van der Waals surface area contributed by atoms with Gasteiger partial charge in [0.1, 0.15) is 5.82 Å². The zero-order valence-electron chi connectivity index (χ0n) is 19.2. The Bertz CT molecular complexity index is 790. The third kappa shape index (κ3) is 6.31. The summed E-state index contributed by atoms with van der Waals surface area (Å²) in [5.41, 5.74) is 2.25. The molecule has 0 radical (unpaired) electrons. The highest BCUT2D eigenvalue weighted by Gasteiger charge is 2.25. The summed E-state index contributed by atoms with van der Waals surface area (Å²) < 4.78 is 2.34. The summed E-state index contributed by atoms with van der Waals surface area (Å²) in [6, 6.07) is 8.35. The first-order valence-corrected chi connectivity index (χ1v) is 11.9. The number of carbonyl (C=O) groups excluding carboxylic acids is 1. The van der Waals surface area contributed by atoms with E-state index in [0.717, 1.165) is 56.0 Å². The van der Waals surface area contributed by atoms with Gasteiger partial charge in [-0.3, -0.25) is 4.79 Å². The Labute approximate surface area is 182 Å². The largest absolute Gasteiger partial charge is 0.355 e. The number of para-hydroxylation sites is 2. The number of nitrogens with zero attached hydrogens (tertiary/aromatic N) is 3. The Balaban J connectivity index is 1.51. The number of imidazole rings is 1. The second kappa shape index (κ2) is 11.5. The highest BCUT2D eigenvalue weighted by Crippen LogP contribution is 2.32. The van der Waals surface area contributed by atoms with Crippen LogP contribution in [0.25, 0.3) is 11.0 Å². The summed E-state index contributed by atoms with van der Waals surface area (Å²) in [4.78, 5) is 19.7. The lowest BCUT2D eigenvalue weighted by molar-refractivity contribution is -0.126. The predicted molar refractivity (Wildman–Crippen MR) is 125 cm³/mol. The standard InChI is InChI=1S/C25H40N4O/c1-4-5-9-20-12-14-21(15-13-20)25(30)26-17-16-24-27-22-10-6-7-11-23(22)29(24)19-8-18-28(2)3/h6-7,10-11,20-21H,4-5,8-9,12-19H2,1-3H3,(H,26,30). The molecule has 3 rings (SSSR count). The SMILES string of the molecule is CCCCC1CCC(C(=O)NCCc2nc3ccccc3n2CCCN(C)C)CC1. The minimum Gasteiger partial charge on any atom is -0.355 e. The molecular formula is C25H40N4O. The summed E-state index contributed by atoms with van der Waals surface area (Å²) >= 11 is 0. The van der Waals surface area contributed by atoms with Gasteiger partial charge in [0.2, 0.25) is 5.91 Å². The molecule has 0 bridgehead atoms. The van der Waals surface area contributed by atoms with Crippen molar-refractivity contribution in [2.75, 3.05) is 27.2 Å². The summed E-state index contributed by atoms with van der Waals surface area (Å²) in [6.45, 7) is 4.95. The zero-order chi connectivity index (χ0) is 21.3. The van der Waals surface area contributed by atoms with Crippen molar-refractivity contribution >= 4 is 16.9 Å². The second-order valence-electron chi connectivity index (χ2n) is 9.23. The number of rotatable bonds is 11. The quantitative estimate of drug-likeness (QED) is 0.585. The van der Waals surface area contributed by atoms with E-state index in [-0.39, 0.29) is 11.8 Å². The van der Waals surface area contributed by atoms with E-state index < -0.39 is 0 Å². The highest BCUT2D eigenvalue weighted by atomic mass is 16.1. The number of hydrogen-bond donors (Lipinski definition) is 1. The maximum atomic E-state index is 12.7. The van der Waals surface area contributed by atoms with Crippen LogP contribution in [0.3, 0.4) is 0 Å². The average molecular weight is 413 g/mol. The van der Waals surface area contributed by atoms with Gasteiger partial charge >= 0.3 is 0 Å². The summed E-state index contributed by atoms with van der Waals surface area (Å²) in [6.07, 6.45) is 10.4. The molecule has 1 aromatic heterocycles. The molecule has 1 aliphatic carbocycles. The van der Waals surface area contributed by atoms with Crippen LogP contribution in [0.4, 0.5) is 0 Å². The maximum Gasteiger partial charge on any atom is 0.223 e. The third-order valence-electron chi connectivity index (χ3n) is 6.55. The van der Waals surface area contributed by atoms with Crippen LogP contribution in [-0.4, -0.2) is 47.5 Å². The maximum absolute atomic E-state index is 12.7. The molecule has 1 heterocycles. The van der Waals surface area contributed by atoms with Crippen LogP contribution in [-0.2, 0) is 17.8 Å². The van der Waals surface area contributed by atoms with Crippen molar-refractivity contribution in [2.45, 2.75) is 71.3 Å². The van der Waals surface area contributed by atoms with Crippen LogP contribution in [0.15, 0.2) is 24.3 Å². The molecule has 1 aliphatic rings. The van der Waals surface area contributed by atoms with Gasteiger partial charge in [0.15, 0.2) is 0 Å². The molecular weight excluding hydrogens is 372 g/mol.